The van der Waals surface area contributed by atoms with E-state index in [0.717, 1.165) is 30.0 Å². The summed E-state index contributed by atoms with van der Waals surface area (Å²) in [6, 6.07) is 8.00. The second kappa shape index (κ2) is 6.28. The zero-order valence-electron chi connectivity index (χ0n) is 12.2. The van der Waals surface area contributed by atoms with Gasteiger partial charge in [-0.15, -0.1) is 0 Å². The maximum atomic E-state index is 11.1. The highest BCUT2D eigenvalue weighted by molar-refractivity contribution is 5.89. The monoisotopic (exact) mass is 271 g/mol. The average molecular weight is 271 g/mol. The molecule has 0 unspecified atom stereocenters. The lowest BCUT2D eigenvalue weighted by atomic mass is 10.1. The van der Waals surface area contributed by atoms with E-state index in [1.807, 2.05) is 18.2 Å². The number of aromatic nitrogens is 1. The van der Waals surface area contributed by atoms with Crippen LogP contribution in [0.1, 0.15) is 25.0 Å². The van der Waals surface area contributed by atoms with Gasteiger partial charge in [0, 0.05) is 43.8 Å². The van der Waals surface area contributed by atoms with Gasteiger partial charge in [0.2, 0.25) is 5.91 Å². The van der Waals surface area contributed by atoms with Gasteiger partial charge in [-0.25, -0.2) is 0 Å². The number of nitrogens with one attached hydrogen (secondary N) is 2. The standard InChI is InChI=1S/C16H21N3O/c1-4-19-8-7-14(11-19)10-17-16-9-15(18-13(3)20)6-5-12(16)2/h5-9,11,17H,4,10H2,1-3H3,(H,18,20). The lowest BCUT2D eigenvalue weighted by molar-refractivity contribution is -0.114. The van der Waals surface area contributed by atoms with Crippen molar-refractivity contribution in [2.24, 2.45) is 0 Å². The largest absolute Gasteiger partial charge is 0.381 e. The van der Waals surface area contributed by atoms with Gasteiger partial charge in [-0.1, -0.05) is 6.07 Å². The minimum atomic E-state index is -0.0557. The lowest BCUT2D eigenvalue weighted by Gasteiger charge is -2.11. The first-order valence-corrected chi connectivity index (χ1v) is 6.85. The second-order valence-electron chi connectivity index (χ2n) is 4.91. The number of hydrogen-bond acceptors (Lipinski definition) is 2. The molecule has 0 saturated heterocycles. The number of anilines is 2. The summed E-state index contributed by atoms with van der Waals surface area (Å²) in [6.45, 7) is 7.45. The molecular weight excluding hydrogens is 250 g/mol. The number of aryl methyl sites for hydroxylation is 2. The normalized spacial score (nSPS) is 10.3. The third-order valence-electron chi connectivity index (χ3n) is 3.22. The molecule has 2 rings (SSSR count). The van der Waals surface area contributed by atoms with Crippen molar-refractivity contribution in [2.45, 2.75) is 33.9 Å². The fourth-order valence-corrected chi connectivity index (χ4v) is 2.08. The highest BCUT2D eigenvalue weighted by Crippen LogP contribution is 2.21. The Kier molecular flexibility index (Phi) is 4.45. The van der Waals surface area contributed by atoms with Gasteiger partial charge in [0.1, 0.15) is 0 Å². The Morgan fingerprint density at radius 3 is 2.75 bits per heavy atom. The molecule has 4 heteroatoms. The minimum Gasteiger partial charge on any atom is -0.381 e. The van der Waals surface area contributed by atoms with E-state index in [1.165, 1.54) is 12.5 Å². The second-order valence-corrected chi connectivity index (χ2v) is 4.91. The molecule has 0 saturated carbocycles. The van der Waals surface area contributed by atoms with E-state index in [2.05, 4.69) is 47.5 Å². The highest BCUT2D eigenvalue weighted by Gasteiger charge is 2.02. The maximum absolute atomic E-state index is 11.1. The third-order valence-corrected chi connectivity index (χ3v) is 3.22. The van der Waals surface area contributed by atoms with Crippen LogP contribution in [-0.2, 0) is 17.9 Å². The summed E-state index contributed by atoms with van der Waals surface area (Å²) in [5.74, 6) is -0.0557. The van der Waals surface area contributed by atoms with Gasteiger partial charge >= 0.3 is 0 Å². The first kappa shape index (κ1) is 14.2. The predicted molar refractivity (Wildman–Crippen MR) is 82.9 cm³/mol. The summed E-state index contributed by atoms with van der Waals surface area (Å²) >= 11 is 0. The van der Waals surface area contributed by atoms with Crippen molar-refractivity contribution in [3.63, 3.8) is 0 Å². The van der Waals surface area contributed by atoms with E-state index in [-0.39, 0.29) is 5.91 Å². The van der Waals surface area contributed by atoms with Crippen LogP contribution in [0.4, 0.5) is 11.4 Å². The average Bonchev–Trinajstić information content (AvgIpc) is 2.87. The van der Waals surface area contributed by atoms with Crippen molar-refractivity contribution < 1.29 is 4.79 Å². The summed E-state index contributed by atoms with van der Waals surface area (Å²) in [4.78, 5) is 11.1. The molecule has 2 aromatic rings. The zero-order valence-corrected chi connectivity index (χ0v) is 12.2. The van der Waals surface area contributed by atoms with E-state index < -0.39 is 0 Å². The number of nitrogens with zero attached hydrogens (tertiary/aromatic N) is 1. The van der Waals surface area contributed by atoms with Gasteiger partial charge in [-0.2, -0.15) is 0 Å². The van der Waals surface area contributed by atoms with Crippen LogP contribution >= 0.6 is 0 Å². The molecule has 0 atom stereocenters. The number of benzene rings is 1. The Morgan fingerprint density at radius 2 is 2.10 bits per heavy atom. The van der Waals surface area contributed by atoms with Crippen molar-refractivity contribution in [3.8, 4) is 0 Å². The van der Waals surface area contributed by atoms with E-state index in [4.69, 9.17) is 0 Å². The van der Waals surface area contributed by atoms with Gasteiger partial charge < -0.3 is 15.2 Å². The van der Waals surface area contributed by atoms with Crippen molar-refractivity contribution in [1.82, 2.24) is 4.57 Å². The Bertz CT molecular complexity index is 602. The first-order chi connectivity index (χ1) is 9.58. The molecule has 0 fully saturated rings. The van der Waals surface area contributed by atoms with Crippen LogP contribution in [0.2, 0.25) is 0 Å². The summed E-state index contributed by atoms with van der Waals surface area (Å²) in [5.41, 5.74) is 4.27. The SMILES string of the molecule is CCn1ccc(CNc2cc(NC(C)=O)ccc2C)c1. The molecule has 1 amide bonds. The van der Waals surface area contributed by atoms with E-state index in [9.17, 15) is 4.79 Å². The Morgan fingerprint density at radius 1 is 1.30 bits per heavy atom. The van der Waals surface area contributed by atoms with Gasteiger partial charge in [0.25, 0.3) is 0 Å². The van der Waals surface area contributed by atoms with Gasteiger partial charge in [-0.05, 0) is 43.2 Å². The van der Waals surface area contributed by atoms with Gasteiger partial charge in [0.05, 0.1) is 0 Å². The van der Waals surface area contributed by atoms with Crippen molar-refractivity contribution >= 4 is 17.3 Å². The molecule has 0 bridgehead atoms. The molecule has 2 N–H and O–H groups in total. The van der Waals surface area contributed by atoms with Gasteiger partial charge in [-0.3, -0.25) is 4.79 Å². The smallest absolute Gasteiger partial charge is 0.221 e. The predicted octanol–water partition coefficient (Wildman–Crippen LogP) is 3.39. The topological polar surface area (TPSA) is 46.1 Å². The Hall–Kier alpha value is -2.23. The van der Waals surface area contributed by atoms with Crippen LogP contribution in [-0.4, -0.2) is 10.5 Å². The molecular formula is C16H21N3O. The van der Waals surface area contributed by atoms with E-state index in [1.54, 1.807) is 0 Å². The fraction of sp³-hybridized carbons (Fsp3) is 0.312. The summed E-state index contributed by atoms with van der Waals surface area (Å²) in [6.07, 6.45) is 4.22. The maximum Gasteiger partial charge on any atom is 0.221 e. The van der Waals surface area contributed by atoms with Crippen LogP contribution in [0.3, 0.4) is 0 Å². The number of carbonyl (C=O) groups excluding carboxylic acids is 1. The van der Waals surface area contributed by atoms with Crippen LogP contribution in [0.25, 0.3) is 0 Å². The van der Waals surface area contributed by atoms with Crippen molar-refractivity contribution in [2.75, 3.05) is 10.6 Å². The number of carbonyl (C=O) groups is 1. The molecule has 4 nitrogen and oxygen atoms in total. The van der Waals surface area contributed by atoms with Crippen LogP contribution in [0.15, 0.2) is 36.7 Å². The molecule has 106 valence electrons. The minimum absolute atomic E-state index is 0.0557. The quantitative estimate of drug-likeness (QED) is 0.875. The third kappa shape index (κ3) is 3.63. The highest BCUT2D eigenvalue weighted by atomic mass is 16.1. The number of amides is 1. The van der Waals surface area contributed by atoms with Crippen LogP contribution < -0.4 is 10.6 Å². The summed E-state index contributed by atoms with van der Waals surface area (Å²) < 4.78 is 2.15. The number of rotatable bonds is 5. The van der Waals surface area contributed by atoms with Crippen molar-refractivity contribution in [1.29, 1.82) is 0 Å². The molecule has 0 radical (unpaired) electrons. The summed E-state index contributed by atoms with van der Waals surface area (Å²) in [5, 5.41) is 6.22. The zero-order chi connectivity index (χ0) is 14.5. The molecule has 1 heterocycles. The Labute approximate surface area is 119 Å². The molecule has 0 aliphatic heterocycles. The molecule has 0 spiro atoms. The first-order valence-electron chi connectivity index (χ1n) is 6.85. The van der Waals surface area contributed by atoms with Crippen LogP contribution in [0.5, 0.6) is 0 Å². The fourth-order valence-electron chi connectivity index (χ4n) is 2.08. The molecule has 0 aliphatic carbocycles. The lowest BCUT2D eigenvalue weighted by Crippen LogP contribution is -2.07. The molecule has 20 heavy (non-hydrogen) atoms. The molecule has 1 aromatic carbocycles. The van der Waals surface area contributed by atoms with E-state index in [0.29, 0.717) is 0 Å². The van der Waals surface area contributed by atoms with Gasteiger partial charge in [0.15, 0.2) is 0 Å². The summed E-state index contributed by atoms with van der Waals surface area (Å²) in [7, 11) is 0. The molecule has 1 aromatic heterocycles. The van der Waals surface area contributed by atoms with E-state index >= 15 is 0 Å². The Balaban J connectivity index is 2.06. The molecule has 0 aliphatic rings. The number of hydrogen-bond donors (Lipinski definition) is 2. The van der Waals surface area contributed by atoms with Crippen molar-refractivity contribution in [3.05, 3.63) is 47.8 Å². The van der Waals surface area contributed by atoms with Crippen LogP contribution in [0, 0.1) is 6.92 Å².